The molecule has 3 rings (SSSR count). The van der Waals surface area contributed by atoms with E-state index in [1.807, 2.05) is 35.0 Å². The van der Waals surface area contributed by atoms with Gasteiger partial charge in [-0.05, 0) is 55.5 Å². The Morgan fingerprint density at radius 1 is 1.08 bits per heavy atom. The van der Waals surface area contributed by atoms with Crippen LogP contribution in [-0.2, 0) is 16.1 Å². The summed E-state index contributed by atoms with van der Waals surface area (Å²) in [5.74, 6) is 0.253. The summed E-state index contributed by atoms with van der Waals surface area (Å²) >= 11 is 0. The van der Waals surface area contributed by atoms with Gasteiger partial charge in [0.05, 0.1) is 19.3 Å². The van der Waals surface area contributed by atoms with Gasteiger partial charge in [0.2, 0.25) is 5.91 Å². The van der Waals surface area contributed by atoms with Gasteiger partial charge in [-0.15, -0.1) is 0 Å². The number of amides is 1. The molecule has 0 atom stereocenters. The third-order valence-corrected chi connectivity index (χ3v) is 3.97. The quantitative estimate of drug-likeness (QED) is 0.690. The average Bonchev–Trinajstić information content (AvgIpc) is 3.04. The molecule has 1 N–H and O–H groups in total. The zero-order valence-corrected chi connectivity index (χ0v) is 14.7. The van der Waals surface area contributed by atoms with Crippen LogP contribution >= 0.6 is 0 Å². The van der Waals surface area contributed by atoms with Crippen LogP contribution in [0.2, 0.25) is 0 Å². The number of ether oxygens (including phenoxy) is 2. The summed E-state index contributed by atoms with van der Waals surface area (Å²) in [6, 6.07) is 14.3. The van der Waals surface area contributed by atoms with Gasteiger partial charge in [0.1, 0.15) is 12.3 Å². The van der Waals surface area contributed by atoms with Gasteiger partial charge in [0, 0.05) is 22.8 Å². The van der Waals surface area contributed by atoms with E-state index in [0.717, 1.165) is 16.7 Å². The fourth-order valence-electron chi connectivity index (χ4n) is 2.70. The van der Waals surface area contributed by atoms with E-state index in [9.17, 15) is 9.59 Å². The molecule has 3 aromatic rings. The number of fused-ring (bicyclic) bond motifs is 1. The van der Waals surface area contributed by atoms with Gasteiger partial charge in [0.15, 0.2) is 0 Å². The standard InChI is InChI=1S/C20H20N2O4/c1-3-26-20(24)14-4-6-16(7-5-14)21-19(23)13-22-11-10-15-12-17(25-2)8-9-18(15)22/h4-12H,3,13H2,1-2H3,(H,21,23). The summed E-state index contributed by atoms with van der Waals surface area (Å²) in [4.78, 5) is 24.0. The van der Waals surface area contributed by atoms with Crippen molar-refractivity contribution in [2.75, 3.05) is 19.0 Å². The Morgan fingerprint density at radius 3 is 2.54 bits per heavy atom. The van der Waals surface area contributed by atoms with Crippen LogP contribution in [0.5, 0.6) is 5.75 Å². The van der Waals surface area contributed by atoms with Gasteiger partial charge < -0.3 is 19.4 Å². The maximum absolute atomic E-state index is 12.3. The van der Waals surface area contributed by atoms with Crippen molar-refractivity contribution in [2.45, 2.75) is 13.5 Å². The summed E-state index contributed by atoms with van der Waals surface area (Å²) in [5, 5.41) is 3.84. The summed E-state index contributed by atoms with van der Waals surface area (Å²) < 4.78 is 12.0. The molecular formula is C20H20N2O4. The molecule has 6 nitrogen and oxygen atoms in total. The molecule has 2 aromatic carbocycles. The minimum absolute atomic E-state index is 0.151. The van der Waals surface area contributed by atoms with Crippen LogP contribution in [0.4, 0.5) is 5.69 Å². The normalized spacial score (nSPS) is 10.5. The molecule has 0 aliphatic rings. The molecule has 1 amide bonds. The van der Waals surface area contributed by atoms with E-state index in [-0.39, 0.29) is 18.4 Å². The fraction of sp³-hybridized carbons (Fsp3) is 0.200. The molecular weight excluding hydrogens is 332 g/mol. The number of esters is 1. The maximum Gasteiger partial charge on any atom is 0.338 e. The van der Waals surface area contributed by atoms with Crippen molar-refractivity contribution in [2.24, 2.45) is 0 Å². The van der Waals surface area contributed by atoms with Crippen molar-refractivity contribution in [3.05, 3.63) is 60.3 Å². The number of benzene rings is 2. The summed E-state index contributed by atoms with van der Waals surface area (Å²) in [5.41, 5.74) is 2.04. The lowest BCUT2D eigenvalue weighted by molar-refractivity contribution is -0.116. The third-order valence-electron chi connectivity index (χ3n) is 3.97. The van der Waals surface area contributed by atoms with E-state index >= 15 is 0 Å². The number of rotatable bonds is 6. The fourth-order valence-corrected chi connectivity index (χ4v) is 2.70. The van der Waals surface area contributed by atoms with Gasteiger partial charge in [-0.1, -0.05) is 0 Å². The van der Waals surface area contributed by atoms with Crippen molar-refractivity contribution in [3.63, 3.8) is 0 Å². The molecule has 0 aliphatic heterocycles. The zero-order valence-electron chi connectivity index (χ0n) is 14.7. The Labute approximate surface area is 151 Å². The summed E-state index contributed by atoms with van der Waals surface area (Å²) in [6.45, 7) is 2.27. The largest absolute Gasteiger partial charge is 0.497 e. The van der Waals surface area contributed by atoms with E-state index < -0.39 is 0 Å². The third kappa shape index (κ3) is 3.85. The highest BCUT2D eigenvalue weighted by atomic mass is 16.5. The SMILES string of the molecule is CCOC(=O)c1ccc(NC(=O)Cn2ccc3cc(OC)ccc32)cc1. The lowest BCUT2D eigenvalue weighted by Gasteiger charge is -2.09. The Hall–Kier alpha value is -3.28. The number of aromatic nitrogens is 1. The monoisotopic (exact) mass is 352 g/mol. The average molecular weight is 352 g/mol. The second kappa shape index (κ2) is 7.74. The molecule has 1 heterocycles. The number of nitrogens with zero attached hydrogens (tertiary/aromatic N) is 1. The highest BCUT2D eigenvalue weighted by Crippen LogP contribution is 2.22. The lowest BCUT2D eigenvalue weighted by Crippen LogP contribution is -2.18. The van der Waals surface area contributed by atoms with Crippen molar-refractivity contribution in [3.8, 4) is 5.75 Å². The van der Waals surface area contributed by atoms with Crippen LogP contribution in [0.3, 0.4) is 0 Å². The Balaban J connectivity index is 1.66. The molecule has 0 radical (unpaired) electrons. The van der Waals surface area contributed by atoms with E-state index in [0.29, 0.717) is 17.9 Å². The number of carbonyl (C=O) groups is 2. The molecule has 0 bridgehead atoms. The van der Waals surface area contributed by atoms with Crippen LogP contribution in [0.15, 0.2) is 54.7 Å². The Bertz CT molecular complexity index is 929. The Kier molecular flexibility index (Phi) is 5.22. The van der Waals surface area contributed by atoms with Crippen LogP contribution in [0.1, 0.15) is 17.3 Å². The zero-order chi connectivity index (χ0) is 18.5. The molecule has 6 heteroatoms. The minimum Gasteiger partial charge on any atom is -0.497 e. The highest BCUT2D eigenvalue weighted by Gasteiger charge is 2.09. The number of hydrogen-bond acceptors (Lipinski definition) is 4. The maximum atomic E-state index is 12.3. The summed E-state index contributed by atoms with van der Waals surface area (Å²) in [6.07, 6.45) is 1.87. The van der Waals surface area contributed by atoms with Crippen molar-refractivity contribution in [1.29, 1.82) is 0 Å². The van der Waals surface area contributed by atoms with Gasteiger partial charge in [-0.2, -0.15) is 0 Å². The first-order valence-corrected chi connectivity index (χ1v) is 8.30. The van der Waals surface area contributed by atoms with Crippen LogP contribution < -0.4 is 10.1 Å². The molecule has 0 spiro atoms. The number of nitrogens with one attached hydrogen (secondary N) is 1. The molecule has 0 aliphatic carbocycles. The van der Waals surface area contributed by atoms with Crippen molar-refractivity contribution in [1.82, 2.24) is 4.57 Å². The second-order valence-corrected chi connectivity index (χ2v) is 5.71. The first-order valence-electron chi connectivity index (χ1n) is 8.30. The second-order valence-electron chi connectivity index (χ2n) is 5.71. The minimum atomic E-state index is -0.375. The molecule has 1 aromatic heterocycles. The topological polar surface area (TPSA) is 69.6 Å². The van der Waals surface area contributed by atoms with E-state index in [1.54, 1.807) is 38.3 Å². The molecule has 26 heavy (non-hydrogen) atoms. The lowest BCUT2D eigenvalue weighted by atomic mass is 10.2. The van der Waals surface area contributed by atoms with Gasteiger partial charge in [0.25, 0.3) is 0 Å². The van der Waals surface area contributed by atoms with E-state index in [4.69, 9.17) is 9.47 Å². The molecule has 134 valence electrons. The van der Waals surface area contributed by atoms with Crippen LogP contribution in [-0.4, -0.2) is 30.2 Å². The predicted octanol–water partition coefficient (Wildman–Crippen LogP) is 3.47. The highest BCUT2D eigenvalue weighted by molar-refractivity contribution is 5.94. The van der Waals surface area contributed by atoms with E-state index in [1.165, 1.54) is 0 Å². The van der Waals surface area contributed by atoms with Gasteiger partial charge in [-0.3, -0.25) is 4.79 Å². The number of hydrogen-bond donors (Lipinski definition) is 1. The molecule has 0 saturated carbocycles. The first kappa shape index (κ1) is 17.5. The van der Waals surface area contributed by atoms with Gasteiger partial charge in [-0.25, -0.2) is 4.79 Å². The smallest absolute Gasteiger partial charge is 0.338 e. The van der Waals surface area contributed by atoms with E-state index in [2.05, 4.69) is 5.32 Å². The Morgan fingerprint density at radius 2 is 1.85 bits per heavy atom. The van der Waals surface area contributed by atoms with Crippen LogP contribution in [0, 0.1) is 0 Å². The van der Waals surface area contributed by atoms with Crippen molar-refractivity contribution < 1.29 is 19.1 Å². The number of carbonyl (C=O) groups excluding carboxylic acids is 2. The van der Waals surface area contributed by atoms with Crippen LogP contribution in [0.25, 0.3) is 10.9 Å². The predicted molar refractivity (Wildman–Crippen MR) is 99.5 cm³/mol. The molecule has 0 fully saturated rings. The van der Waals surface area contributed by atoms with Crippen molar-refractivity contribution >= 4 is 28.5 Å². The molecule has 0 saturated heterocycles. The summed E-state index contributed by atoms with van der Waals surface area (Å²) in [7, 11) is 1.62. The molecule has 0 unspecified atom stereocenters. The number of methoxy groups -OCH3 is 1. The number of anilines is 1. The first-order chi connectivity index (χ1) is 12.6. The van der Waals surface area contributed by atoms with Gasteiger partial charge >= 0.3 is 5.97 Å².